The van der Waals surface area contributed by atoms with Crippen LogP contribution in [0.5, 0.6) is 0 Å². The van der Waals surface area contributed by atoms with Gasteiger partial charge in [-0.1, -0.05) is 5.92 Å². The zero-order valence-corrected chi connectivity index (χ0v) is 10.6. The largest absolute Gasteiger partial charge is 0.394 e. The first-order chi connectivity index (χ1) is 9.35. The summed E-state index contributed by atoms with van der Waals surface area (Å²) in [6.45, 7) is 0.832. The molecule has 0 amide bonds. The van der Waals surface area contributed by atoms with Gasteiger partial charge in [-0.15, -0.1) is 6.42 Å². The van der Waals surface area contributed by atoms with Crippen molar-refractivity contribution < 1.29 is 20.1 Å². The SMILES string of the molecule is C#C[C@]1(O)[C@@H](CO)O[C@@H](n2cc(C)c(=O)[nH]c2=O)[C@@H]1O. The number of hydrogen-bond acceptors (Lipinski definition) is 6. The molecule has 2 rings (SSSR count). The van der Waals surface area contributed by atoms with Crippen LogP contribution in [-0.4, -0.2) is 49.3 Å². The van der Waals surface area contributed by atoms with Crippen LogP contribution in [0.1, 0.15) is 11.8 Å². The highest BCUT2D eigenvalue weighted by molar-refractivity contribution is 5.20. The molecule has 0 radical (unpaired) electrons. The molecule has 108 valence electrons. The summed E-state index contributed by atoms with van der Waals surface area (Å²) in [6.07, 6.45) is 2.16. The number of nitrogens with one attached hydrogen (secondary N) is 1. The molecule has 1 aliphatic rings. The fourth-order valence-corrected chi connectivity index (χ4v) is 2.11. The number of rotatable bonds is 2. The van der Waals surface area contributed by atoms with Crippen molar-refractivity contribution in [3.63, 3.8) is 0 Å². The van der Waals surface area contributed by atoms with Crippen molar-refractivity contribution in [3.8, 4) is 12.3 Å². The lowest BCUT2D eigenvalue weighted by Crippen LogP contribution is -2.48. The lowest BCUT2D eigenvalue weighted by Gasteiger charge is -2.24. The van der Waals surface area contributed by atoms with Gasteiger partial charge in [-0.2, -0.15) is 0 Å². The summed E-state index contributed by atoms with van der Waals surface area (Å²) in [4.78, 5) is 25.1. The van der Waals surface area contributed by atoms with Crippen molar-refractivity contribution in [2.45, 2.75) is 31.0 Å². The van der Waals surface area contributed by atoms with E-state index in [2.05, 4.69) is 0 Å². The maximum absolute atomic E-state index is 11.7. The van der Waals surface area contributed by atoms with Gasteiger partial charge in [0.15, 0.2) is 11.8 Å². The number of aliphatic hydroxyl groups excluding tert-OH is 2. The molecule has 0 saturated carbocycles. The maximum atomic E-state index is 11.7. The highest BCUT2D eigenvalue weighted by Gasteiger charge is 2.55. The first kappa shape index (κ1) is 14.5. The fourth-order valence-electron chi connectivity index (χ4n) is 2.11. The van der Waals surface area contributed by atoms with Crippen molar-refractivity contribution in [1.29, 1.82) is 0 Å². The number of H-pyrrole nitrogens is 1. The Morgan fingerprint density at radius 3 is 2.75 bits per heavy atom. The molecular formula is C12H14N2O6. The van der Waals surface area contributed by atoms with E-state index >= 15 is 0 Å². The van der Waals surface area contributed by atoms with E-state index in [9.17, 15) is 19.8 Å². The van der Waals surface area contributed by atoms with Crippen molar-refractivity contribution >= 4 is 0 Å². The summed E-state index contributed by atoms with van der Waals surface area (Å²) in [5.74, 6) is 1.97. The van der Waals surface area contributed by atoms with Gasteiger partial charge < -0.3 is 20.1 Å². The first-order valence-corrected chi connectivity index (χ1v) is 5.81. The highest BCUT2D eigenvalue weighted by atomic mass is 16.6. The summed E-state index contributed by atoms with van der Waals surface area (Å²) in [7, 11) is 0. The standard InChI is InChI=1S/C12H14N2O6/c1-3-12(19)7(5-15)20-10(8(12)16)14-4-6(2)9(17)13-11(14)18/h1,4,7-8,10,15-16,19H,5H2,2H3,(H,13,17,18)/t7-,8+,10-,12+/m1/s1. The van der Waals surface area contributed by atoms with E-state index in [1.54, 1.807) is 0 Å². The summed E-state index contributed by atoms with van der Waals surface area (Å²) in [5, 5.41) is 29.3. The van der Waals surface area contributed by atoms with Gasteiger partial charge in [-0.05, 0) is 6.92 Å². The molecule has 4 N–H and O–H groups in total. The van der Waals surface area contributed by atoms with Crippen LogP contribution in [-0.2, 0) is 4.74 Å². The Labute approximate surface area is 113 Å². The second-order valence-corrected chi connectivity index (χ2v) is 4.59. The van der Waals surface area contributed by atoms with Gasteiger partial charge in [-0.3, -0.25) is 14.3 Å². The van der Waals surface area contributed by atoms with Crippen molar-refractivity contribution in [3.05, 3.63) is 32.6 Å². The van der Waals surface area contributed by atoms with Crippen LogP contribution >= 0.6 is 0 Å². The molecule has 20 heavy (non-hydrogen) atoms. The van der Waals surface area contributed by atoms with E-state index in [1.165, 1.54) is 13.1 Å². The van der Waals surface area contributed by atoms with Crippen molar-refractivity contribution in [2.75, 3.05) is 6.61 Å². The van der Waals surface area contributed by atoms with Crippen LogP contribution in [0.3, 0.4) is 0 Å². The van der Waals surface area contributed by atoms with Gasteiger partial charge >= 0.3 is 5.69 Å². The predicted molar refractivity (Wildman–Crippen MR) is 66.8 cm³/mol. The zero-order chi connectivity index (χ0) is 15.1. The summed E-state index contributed by atoms with van der Waals surface area (Å²) >= 11 is 0. The molecule has 8 nitrogen and oxygen atoms in total. The average Bonchev–Trinajstić information content (AvgIpc) is 2.67. The topological polar surface area (TPSA) is 125 Å². The third-order valence-corrected chi connectivity index (χ3v) is 3.33. The van der Waals surface area contributed by atoms with Crippen molar-refractivity contribution in [1.82, 2.24) is 9.55 Å². The van der Waals surface area contributed by atoms with Gasteiger partial charge in [0.1, 0.15) is 12.2 Å². The van der Waals surface area contributed by atoms with Crippen LogP contribution in [0.4, 0.5) is 0 Å². The first-order valence-electron chi connectivity index (χ1n) is 5.81. The predicted octanol–water partition coefficient (Wildman–Crippen LogP) is -2.54. The second kappa shape index (κ2) is 4.88. The third-order valence-electron chi connectivity index (χ3n) is 3.33. The van der Waals surface area contributed by atoms with Gasteiger partial charge in [0.25, 0.3) is 5.56 Å². The summed E-state index contributed by atoms with van der Waals surface area (Å²) in [5.41, 5.74) is -3.28. The van der Waals surface area contributed by atoms with Crippen LogP contribution in [0.2, 0.25) is 0 Å². The molecule has 0 spiro atoms. The van der Waals surface area contributed by atoms with Crippen LogP contribution < -0.4 is 11.2 Å². The molecule has 1 aromatic rings. The van der Waals surface area contributed by atoms with Crippen LogP contribution in [0.25, 0.3) is 0 Å². The molecule has 1 saturated heterocycles. The van der Waals surface area contributed by atoms with E-state index in [1.807, 2.05) is 10.9 Å². The summed E-state index contributed by atoms with van der Waals surface area (Å²) in [6, 6.07) is 0. The van der Waals surface area contributed by atoms with Gasteiger partial charge in [0.2, 0.25) is 0 Å². The van der Waals surface area contributed by atoms with Gasteiger partial charge in [0, 0.05) is 11.8 Å². The lowest BCUT2D eigenvalue weighted by molar-refractivity contribution is -0.0625. The molecule has 1 fully saturated rings. The molecule has 2 heterocycles. The van der Waals surface area contributed by atoms with Gasteiger partial charge in [-0.25, -0.2) is 4.79 Å². The number of aryl methyl sites for hydroxylation is 1. The Bertz CT molecular complexity index is 672. The van der Waals surface area contributed by atoms with E-state index in [-0.39, 0.29) is 5.56 Å². The molecule has 1 aromatic heterocycles. The van der Waals surface area contributed by atoms with E-state index in [0.29, 0.717) is 0 Å². The Morgan fingerprint density at radius 2 is 2.25 bits per heavy atom. The minimum Gasteiger partial charge on any atom is -0.394 e. The Morgan fingerprint density at radius 1 is 1.60 bits per heavy atom. The summed E-state index contributed by atoms with van der Waals surface area (Å²) < 4.78 is 6.16. The molecule has 0 unspecified atom stereocenters. The number of ether oxygens (including phenoxy) is 1. The van der Waals surface area contributed by atoms with Crippen LogP contribution in [0, 0.1) is 19.3 Å². The molecule has 4 atom stereocenters. The number of aromatic nitrogens is 2. The third kappa shape index (κ3) is 1.97. The highest BCUT2D eigenvalue weighted by Crippen LogP contribution is 2.35. The normalized spacial score (nSPS) is 33.0. The second-order valence-electron chi connectivity index (χ2n) is 4.59. The van der Waals surface area contributed by atoms with E-state index in [0.717, 1.165) is 4.57 Å². The minimum absolute atomic E-state index is 0.220. The van der Waals surface area contributed by atoms with Crippen LogP contribution in [0.15, 0.2) is 15.8 Å². The molecule has 0 bridgehead atoms. The quantitative estimate of drug-likeness (QED) is 0.443. The Hall–Kier alpha value is -1.92. The smallest absolute Gasteiger partial charge is 0.330 e. The maximum Gasteiger partial charge on any atom is 0.330 e. The number of hydrogen-bond donors (Lipinski definition) is 4. The molecule has 0 aromatic carbocycles. The average molecular weight is 282 g/mol. The molecule has 8 heteroatoms. The molecular weight excluding hydrogens is 268 g/mol. The number of nitrogens with zero attached hydrogens (tertiary/aromatic N) is 1. The van der Waals surface area contributed by atoms with E-state index in [4.69, 9.17) is 16.3 Å². The Balaban J connectivity index is 2.51. The molecule has 0 aliphatic carbocycles. The lowest BCUT2D eigenvalue weighted by atomic mass is 9.93. The number of terminal acetylenes is 1. The minimum atomic E-state index is -2.12. The van der Waals surface area contributed by atoms with E-state index < -0.39 is 41.9 Å². The number of aliphatic hydroxyl groups is 3. The van der Waals surface area contributed by atoms with Gasteiger partial charge in [0.05, 0.1) is 6.61 Å². The van der Waals surface area contributed by atoms with Crippen molar-refractivity contribution in [2.24, 2.45) is 0 Å². The monoisotopic (exact) mass is 282 g/mol. The number of aromatic amines is 1. The Kier molecular flexibility index (Phi) is 3.54. The molecule has 1 aliphatic heterocycles. The zero-order valence-electron chi connectivity index (χ0n) is 10.6. The fraction of sp³-hybridized carbons (Fsp3) is 0.500.